The molecule has 4 heterocycles. The summed E-state index contributed by atoms with van der Waals surface area (Å²) in [7, 11) is 1.64. The fourth-order valence-electron chi connectivity index (χ4n) is 6.43. The van der Waals surface area contributed by atoms with Crippen molar-refractivity contribution in [2.24, 2.45) is 17.6 Å². The Hall–Kier alpha value is -4.11. The number of ether oxygens (including phenoxy) is 1. The van der Waals surface area contributed by atoms with Gasteiger partial charge >= 0.3 is 0 Å². The molecule has 2 aliphatic rings. The molecule has 1 saturated carbocycles. The minimum Gasteiger partial charge on any atom is -0.497 e. The van der Waals surface area contributed by atoms with Crippen molar-refractivity contribution in [2.45, 2.75) is 11.8 Å². The van der Waals surface area contributed by atoms with Crippen molar-refractivity contribution in [2.75, 3.05) is 31.6 Å². The molecule has 1 saturated heterocycles. The SMILES string of the molecule is COc1ccc2c(-c3n[nH]c4nc(N5CC[C@@H]6[C@H](C5)[C@@]6(CN)c5ccccc5F)cnc34)ccnc2c1. The minimum absolute atomic E-state index is 0.165. The number of nitrogens with one attached hydrogen (secondary N) is 1. The Balaban J connectivity index is 1.20. The Bertz CT molecular complexity index is 1650. The molecule has 1 aliphatic carbocycles. The summed E-state index contributed by atoms with van der Waals surface area (Å²) in [5, 5.41) is 8.60. The van der Waals surface area contributed by atoms with Crippen molar-refractivity contribution in [3.8, 4) is 17.0 Å². The third-order valence-corrected chi connectivity index (χ3v) is 8.33. The molecule has 0 bridgehead atoms. The van der Waals surface area contributed by atoms with Crippen LogP contribution in [0.4, 0.5) is 10.2 Å². The number of aromatic amines is 1. The zero-order chi connectivity index (χ0) is 25.1. The molecule has 3 atom stereocenters. The largest absolute Gasteiger partial charge is 0.497 e. The van der Waals surface area contributed by atoms with Crippen LogP contribution in [0.25, 0.3) is 33.3 Å². The summed E-state index contributed by atoms with van der Waals surface area (Å²) in [6.45, 7) is 2.04. The smallest absolute Gasteiger partial charge is 0.177 e. The van der Waals surface area contributed by atoms with Gasteiger partial charge < -0.3 is 15.4 Å². The lowest BCUT2D eigenvalue weighted by molar-refractivity contribution is 0.415. The number of halogens is 1. The van der Waals surface area contributed by atoms with Gasteiger partial charge in [-0.2, -0.15) is 5.10 Å². The van der Waals surface area contributed by atoms with Gasteiger partial charge in [0.1, 0.15) is 28.6 Å². The number of anilines is 1. The van der Waals surface area contributed by atoms with E-state index in [1.165, 1.54) is 6.07 Å². The van der Waals surface area contributed by atoms with Gasteiger partial charge in [0, 0.05) is 48.3 Å². The van der Waals surface area contributed by atoms with Gasteiger partial charge in [0.25, 0.3) is 0 Å². The summed E-state index contributed by atoms with van der Waals surface area (Å²) >= 11 is 0. The van der Waals surface area contributed by atoms with Gasteiger partial charge in [-0.25, -0.2) is 14.4 Å². The lowest BCUT2D eigenvalue weighted by Crippen LogP contribution is -2.32. The second kappa shape index (κ2) is 8.21. The highest BCUT2D eigenvalue weighted by atomic mass is 19.1. The van der Waals surface area contributed by atoms with Crippen LogP contribution in [-0.4, -0.2) is 51.9 Å². The van der Waals surface area contributed by atoms with Crippen molar-refractivity contribution in [1.29, 1.82) is 0 Å². The average molecular weight is 496 g/mol. The maximum atomic E-state index is 14.7. The Labute approximate surface area is 212 Å². The number of nitrogens with zero attached hydrogens (tertiary/aromatic N) is 5. The van der Waals surface area contributed by atoms with Crippen LogP contribution in [-0.2, 0) is 5.41 Å². The molecule has 37 heavy (non-hydrogen) atoms. The first-order valence-electron chi connectivity index (χ1n) is 12.5. The Kier molecular flexibility index (Phi) is 4.91. The minimum atomic E-state index is -0.302. The predicted octanol–water partition coefficient (Wildman–Crippen LogP) is 4.07. The van der Waals surface area contributed by atoms with E-state index in [9.17, 15) is 4.39 Å². The van der Waals surface area contributed by atoms with Gasteiger partial charge in [0.2, 0.25) is 0 Å². The number of nitrogens with two attached hydrogens (primary N) is 1. The molecular formula is C28H26FN7O. The molecule has 0 radical (unpaired) electrons. The van der Waals surface area contributed by atoms with Crippen LogP contribution in [0.2, 0.25) is 0 Å². The number of hydrogen-bond donors (Lipinski definition) is 2. The van der Waals surface area contributed by atoms with Gasteiger partial charge in [-0.3, -0.25) is 10.1 Å². The number of methoxy groups -OCH3 is 1. The molecule has 1 aliphatic heterocycles. The van der Waals surface area contributed by atoms with Crippen molar-refractivity contribution in [3.63, 3.8) is 0 Å². The van der Waals surface area contributed by atoms with E-state index in [-0.39, 0.29) is 17.2 Å². The molecule has 0 unspecified atom stereocenters. The van der Waals surface area contributed by atoms with Crippen molar-refractivity contribution in [3.05, 3.63) is 72.3 Å². The summed E-state index contributed by atoms with van der Waals surface area (Å²) in [4.78, 5) is 16.4. The van der Waals surface area contributed by atoms with Crippen LogP contribution in [0, 0.1) is 17.7 Å². The van der Waals surface area contributed by atoms with E-state index in [0.717, 1.165) is 58.8 Å². The summed E-state index contributed by atoms with van der Waals surface area (Å²) in [6.07, 6.45) is 4.51. The van der Waals surface area contributed by atoms with E-state index in [4.69, 9.17) is 20.4 Å². The van der Waals surface area contributed by atoms with E-state index >= 15 is 0 Å². The number of piperidine rings is 1. The molecule has 3 N–H and O–H groups in total. The molecule has 8 nitrogen and oxygen atoms in total. The Morgan fingerprint density at radius 3 is 2.89 bits per heavy atom. The van der Waals surface area contributed by atoms with Gasteiger partial charge in [0.15, 0.2) is 5.65 Å². The van der Waals surface area contributed by atoms with Crippen molar-refractivity contribution < 1.29 is 9.13 Å². The average Bonchev–Trinajstić information content (AvgIpc) is 3.40. The fourth-order valence-corrected chi connectivity index (χ4v) is 6.43. The second-order valence-corrected chi connectivity index (χ2v) is 9.91. The summed E-state index contributed by atoms with van der Waals surface area (Å²) < 4.78 is 20.1. The number of hydrogen-bond acceptors (Lipinski definition) is 7. The molecule has 3 aromatic heterocycles. The van der Waals surface area contributed by atoms with E-state index in [0.29, 0.717) is 23.6 Å². The van der Waals surface area contributed by atoms with Crippen molar-refractivity contribution in [1.82, 2.24) is 25.1 Å². The molecular weight excluding hydrogens is 469 g/mol. The third kappa shape index (κ3) is 3.23. The second-order valence-electron chi connectivity index (χ2n) is 9.91. The van der Waals surface area contributed by atoms with Crippen LogP contribution >= 0.6 is 0 Å². The molecule has 2 aromatic carbocycles. The number of fused-ring (bicyclic) bond motifs is 3. The lowest BCUT2D eigenvalue weighted by Gasteiger charge is -2.26. The van der Waals surface area contributed by atoms with Crippen LogP contribution in [0.5, 0.6) is 5.75 Å². The third-order valence-electron chi connectivity index (χ3n) is 8.33. The number of rotatable bonds is 5. The molecule has 0 spiro atoms. The first-order chi connectivity index (χ1) is 18.1. The fraction of sp³-hybridized carbons (Fsp3) is 0.286. The van der Waals surface area contributed by atoms with Crippen molar-refractivity contribution >= 4 is 27.9 Å². The predicted molar refractivity (Wildman–Crippen MR) is 140 cm³/mol. The van der Waals surface area contributed by atoms with Crippen LogP contribution in [0.3, 0.4) is 0 Å². The number of aromatic nitrogens is 5. The summed E-state index contributed by atoms with van der Waals surface area (Å²) in [5.74, 6) is 2.05. The standard InChI is InChI=1S/C28H26FN7O/c1-37-16-6-7-17-18(8-10-31-23(17)12-16)25-26-27(35-34-25)33-24(13-32-26)36-11-9-19-21(14-36)28(19,15-30)20-4-2-3-5-22(20)29/h2-8,10,12-13,19,21H,9,11,14-15,30H2,1H3,(H,33,34,35)/t19-,21+,28-/m1/s1. The molecule has 5 aromatic rings. The highest BCUT2D eigenvalue weighted by Gasteiger charge is 2.66. The van der Waals surface area contributed by atoms with Crippen LogP contribution in [0.15, 0.2) is 60.9 Å². The van der Waals surface area contributed by atoms with Gasteiger partial charge in [-0.15, -0.1) is 0 Å². The topological polar surface area (TPSA) is 106 Å². The quantitative estimate of drug-likeness (QED) is 0.379. The molecule has 7 rings (SSSR count). The molecule has 186 valence electrons. The normalized spacial score (nSPS) is 22.8. The Morgan fingerprint density at radius 1 is 1.16 bits per heavy atom. The van der Waals surface area contributed by atoms with E-state index in [1.54, 1.807) is 19.4 Å². The van der Waals surface area contributed by atoms with Gasteiger partial charge in [0.05, 0.1) is 18.8 Å². The maximum Gasteiger partial charge on any atom is 0.177 e. The van der Waals surface area contributed by atoms with Crippen LogP contribution < -0.4 is 15.4 Å². The number of benzene rings is 2. The zero-order valence-corrected chi connectivity index (χ0v) is 20.4. The van der Waals surface area contributed by atoms with Gasteiger partial charge in [-0.1, -0.05) is 18.2 Å². The molecule has 9 heteroatoms. The zero-order valence-electron chi connectivity index (χ0n) is 20.4. The van der Waals surface area contributed by atoms with E-state index < -0.39 is 0 Å². The highest BCUT2D eigenvalue weighted by molar-refractivity contribution is 6.00. The van der Waals surface area contributed by atoms with Gasteiger partial charge in [-0.05, 0) is 48.1 Å². The van der Waals surface area contributed by atoms with E-state index in [1.807, 2.05) is 42.6 Å². The monoisotopic (exact) mass is 495 g/mol. The first kappa shape index (κ1) is 22.1. The maximum absolute atomic E-state index is 14.7. The van der Waals surface area contributed by atoms with Crippen LogP contribution in [0.1, 0.15) is 12.0 Å². The molecule has 2 fully saturated rings. The van der Waals surface area contributed by atoms with E-state index in [2.05, 4.69) is 20.1 Å². The highest BCUT2D eigenvalue weighted by Crippen LogP contribution is 2.63. The first-order valence-corrected chi connectivity index (χ1v) is 12.5. The summed E-state index contributed by atoms with van der Waals surface area (Å²) in [5.41, 5.74) is 10.5. The lowest BCUT2D eigenvalue weighted by atomic mass is 9.91. The molecule has 0 amide bonds. The summed E-state index contributed by atoms with van der Waals surface area (Å²) in [6, 6.07) is 14.8. The number of H-pyrrole nitrogens is 1. The number of pyridine rings is 1. The Morgan fingerprint density at radius 2 is 2.05 bits per heavy atom.